The minimum absolute atomic E-state index is 0.0316. The van der Waals surface area contributed by atoms with Gasteiger partial charge in [-0.15, -0.1) is 0 Å². The smallest absolute Gasteiger partial charge is 0.416 e. The number of aliphatic hydroxyl groups is 1. The summed E-state index contributed by atoms with van der Waals surface area (Å²) in [6.07, 6.45) is -5.26. The molecule has 1 amide bonds. The molecule has 0 aliphatic heterocycles. The van der Waals surface area contributed by atoms with Crippen LogP contribution < -0.4 is 15.8 Å². The minimum atomic E-state index is -4.41. The van der Waals surface area contributed by atoms with E-state index in [0.29, 0.717) is 16.7 Å². The minimum Gasteiger partial charge on any atom is -0.457 e. The molecule has 3 aromatic carbocycles. The number of alkyl halides is 3. The maximum atomic E-state index is 12.7. The van der Waals surface area contributed by atoms with Crippen LogP contribution in [-0.2, 0) is 6.18 Å². The molecule has 30 heavy (non-hydrogen) atoms. The van der Waals surface area contributed by atoms with Crippen LogP contribution in [0.2, 0.25) is 0 Å². The van der Waals surface area contributed by atoms with Crippen LogP contribution in [0.1, 0.15) is 22.8 Å². The van der Waals surface area contributed by atoms with Gasteiger partial charge < -0.3 is 20.9 Å². The van der Waals surface area contributed by atoms with E-state index in [9.17, 15) is 23.1 Å². The summed E-state index contributed by atoms with van der Waals surface area (Å²) in [4.78, 5) is 12.4. The first-order valence-electron chi connectivity index (χ1n) is 9.26. The number of hydrogen-bond acceptors (Lipinski definition) is 4. The van der Waals surface area contributed by atoms with Gasteiger partial charge in [-0.2, -0.15) is 13.2 Å². The lowest BCUT2D eigenvalue weighted by Crippen LogP contribution is -2.44. The maximum Gasteiger partial charge on any atom is 0.416 e. The molecule has 5 nitrogen and oxygen atoms in total. The number of carbonyl (C=O) groups excluding carboxylic acids is 1. The number of amides is 1. The fourth-order valence-corrected chi connectivity index (χ4v) is 2.91. The molecule has 0 spiro atoms. The highest BCUT2D eigenvalue weighted by molar-refractivity contribution is 6.00. The van der Waals surface area contributed by atoms with Crippen molar-refractivity contribution in [3.8, 4) is 11.5 Å². The van der Waals surface area contributed by atoms with Crippen LogP contribution in [0.3, 0.4) is 0 Å². The van der Waals surface area contributed by atoms with E-state index >= 15 is 0 Å². The maximum absolute atomic E-state index is 12.7. The van der Waals surface area contributed by atoms with E-state index < -0.39 is 23.9 Å². The summed E-state index contributed by atoms with van der Waals surface area (Å²) in [5.74, 6) is 0.360. The predicted octanol–water partition coefficient (Wildman–Crippen LogP) is 4.09. The van der Waals surface area contributed by atoms with E-state index in [2.05, 4.69) is 5.32 Å². The Kier molecular flexibility index (Phi) is 6.28. The van der Waals surface area contributed by atoms with Gasteiger partial charge in [0.1, 0.15) is 11.5 Å². The molecular formula is C22H21F3N2O3. The molecule has 3 aromatic rings. The number of ether oxygens (including phenoxy) is 1. The summed E-state index contributed by atoms with van der Waals surface area (Å²) in [7, 11) is 0. The zero-order valence-corrected chi connectivity index (χ0v) is 16.1. The van der Waals surface area contributed by atoms with Crippen molar-refractivity contribution >= 4 is 16.7 Å². The molecule has 0 bridgehead atoms. The first kappa shape index (κ1) is 21.6. The van der Waals surface area contributed by atoms with E-state index in [4.69, 9.17) is 10.5 Å². The molecule has 0 saturated carbocycles. The second kappa shape index (κ2) is 8.73. The van der Waals surface area contributed by atoms with E-state index in [1.165, 1.54) is 12.1 Å². The summed E-state index contributed by atoms with van der Waals surface area (Å²) in [5, 5.41) is 13.8. The topological polar surface area (TPSA) is 84.6 Å². The quantitative estimate of drug-likeness (QED) is 0.563. The van der Waals surface area contributed by atoms with Gasteiger partial charge in [-0.25, -0.2) is 0 Å². The van der Waals surface area contributed by atoms with Gasteiger partial charge in [0.2, 0.25) is 0 Å². The fourth-order valence-electron chi connectivity index (χ4n) is 2.91. The summed E-state index contributed by atoms with van der Waals surface area (Å²) in [5.41, 5.74) is 5.04. The van der Waals surface area contributed by atoms with Gasteiger partial charge in [0.25, 0.3) is 5.91 Å². The molecule has 0 aliphatic carbocycles. The molecular weight excluding hydrogens is 397 g/mol. The van der Waals surface area contributed by atoms with Crippen LogP contribution >= 0.6 is 0 Å². The van der Waals surface area contributed by atoms with Crippen LogP contribution in [0, 0.1) is 0 Å². The van der Waals surface area contributed by atoms with Crippen molar-refractivity contribution < 1.29 is 27.8 Å². The van der Waals surface area contributed by atoms with Gasteiger partial charge >= 0.3 is 6.18 Å². The average Bonchev–Trinajstić information content (AvgIpc) is 2.72. The third-order valence-corrected chi connectivity index (χ3v) is 4.69. The summed E-state index contributed by atoms with van der Waals surface area (Å²) in [6, 6.07) is 14.1. The zero-order chi connectivity index (χ0) is 21.9. The van der Waals surface area contributed by atoms with Crippen LogP contribution in [0.25, 0.3) is 10.8 Å². The van der Waals surface area contributed by atoms with Crippen LogP contribution in [0.4, 0.5) is 13.2 Å². The Morgan fingerprint density at radius 3 is 2.47 bits per heavy atom. The monoisotopic (exact) mass is 418 g/mol. The lowest BCUT2D eigenvalue weighted by molar-refractivity contribution is -0.137. The second-order valence-electron chi connectivity index (χ2n) is 6.88. The van der Waals surface area contributed by atoms with Crippen molar-refractivity contribution in [1.82, 2.24) is 5.32 Å². The van der Waals surface area contributed by atoms with E-state index in [1.54, 1.807) is 43.3 Å². The van der Waals surface area contributed by atoms with Gasteiger partial charge in [-0.1, -0.05) is 12.1 Å². The second-order valence-corrected chi connectivity index (χ2v) is 6.88. The van der Waals surface area contributed by atoms with Crippen LogP contribution in [0.15, 0.2) is 60.7 Å². The van der Waals surface area contributed by atoms with Gasteiger partial charge in [-0.3, -0.25) is 4.79 Å². The number of halogens is 3. The van der Waals surface area contributed by atoms with E-state index in [1.807, 2.05) is 0 Å². The Morgan fingerprint density at radius 1 is 1.13 bits per heavy atom. The van der Waals surface area contributed by atoms with E-state index in [0.717, 1.165) is 17.5 Å². The normalized spacial score (nSPS) is 13.7. The third kappa shape index (κ3) is 4.90. The highest BCUT2D eigenvalue weighted by Gasteiger charge is 2.30. The Labute approximate surface area is 171 Å². The summed E-state index contributed by atoms with van der Waals surface area (Å²) in [6.45, 7) is 1.69. The van der Waals surface area contributed by atoms with Gasteiger partial charge in [0.15, 0.2) is 0 Å². The molecule has 2 unspecified atom stereocenters. The van der Waals surface area contributed by atoms with E-state index in [-0.39, 0.29) is 18.2 Å². The lowest BCUT2D eigenvalue weighted by Gasteiger charge is -2.19. The number of nitrogens with one attached hydrogen (secondary N) is 1. The number of benzene rings is 3. The highest BCUT2D eigenvalue weighted by atomic mass is 19.4. The molecule has 0 heterocycles. The highest BCUT2D eigenvalue weighted by Crippen LogP contribution is 2.33. The van der Waals surface area contributed by atoms with Crippen LogP contribution in [-0.4, -0.2) is 29.7 Å². The molecule has 3 rings (SSSR count). The molecule has 0 radical (unpaired) electrons. The van der Waals surface area contributed by atoms with Crippen molar-refractivity contribution in [3.63, 3.8) is 0 Å². The third-order valence-electron chi connectivity index (χ3n) is 4.69. The number of hydrogen-bond donors (Lipinski definition) is 3. The molecule has 0 aromatic heterocycles. The number of aliphatic hydroxyl groups excluding tert-OH is 1. The Hall–Kier alpha value is -3.10. The number of rotatable bonds is 6. The van der Waals surface area contributed by atoms with Gasteiger partial charge in [0, 0.05) is 17.5 Å². The van der Waals surface area contributed by atoms with Crippen molar-refractivity contribution in [2.75, 3.05) is 6.54 Å². The largest absolute Gasteiger partial charge is 0.457 e. The van der Waals surface area contributed by atoms with Gasteiger partial charge in [0.05, 0.1) is 17.7 Å². The molecule has 4 N–H and O–H groups in total. The molecule has 0 fully saturated rings. The Morgan fingerprint density at radius 2 is 1.83 bits per heavy atom. The Balaban J connectivity index is 1.82. The molecule has 0 saturated heterocycles. The first-order chi connectivity index (χ1) is 14.2. The fraction of sp³-hybridized carbons (Fsp3) is 0.227. The predicted molar refractivity (Wildman–Crippen MR) is 107 cm³/mol. The van der Waals surface area contributed by atoms with Crippen molar-refractivity contribution in [2.24, 2.45) is 5.73 Å². The van der Waals surface area contributed by atoms with Crippen molar-refractivity contribution in [1.29, 1.82) is 0 Å². The molecule has 0 aliphatic rings. The lowest BCUT2D eigenvalue weighted by atomic mass is 10.0. The molecule has 2 atom stereocenters. The average molecular weight is 418 g/mol. The zero-order valence-electron chi connectivity index (χ0n) is 16.1. The SMILES string of the molecule is CC(NC(=O)c1ccc2c(Oc3ccc(C(F)(F)F)cc3)cccc2c1)C(O)CN. The first-order valence-corrected chi connectivity index (χ1v) is 9.26. The summed E-state index contributed by atoms with van der Waals surface area (Å²) < 4.78 is 43.9. The number of carbonyl (C=O) groups is 1. The Bertz CT molecular complexity index is 1040. The summed E-state index contributed by atoms with van der Waals surface area (Å²) >= 11 is 0. The molecule has 158 valence electrons. The molecule has 8 heteroatoms. The standard InChI is InChI=1S/C22H21F3N2O3/c1-13(19(28)12-26)27-21(29)15-5-10-18-14(11-15)3-2-4-20(18)30-17-8-6-16(7-9-17)22(23,24)25/h2-11,13,19,28H,12,26H2,1H3,(H,27,29). The van der Waals surface area contributed by atoms with Crippen molar-refractivity contribution in [2.45, 2.75) is 25.2 Å². The van der Waals surface area contributed by atoms with Crippen LogP contribution in [0.5, 0.6) is 11.5 Å². The van der Waals surface area contributed by atoms with Crippen molar-refractivity contribution in [3.05, 3.63) is 71.8 Å². The number of nitrogens with two attached hydrogens (primary N) is 1. The number of fused-ring (bicyclic) bond motifs is 1. The van der Waals surface area contributed by atoms with Gasteiger partial charge in [-0.05, 0) is 60.8 Å².